The SMILES string of the molecule is CCCc1ccc([C@H]([NH2+][C@@H](C)c2nc3ccccc3c(=O)[nH]2)c2cccs2)cc1. The molecule has 0 saturated heterocycles. The van der Waals surface area contributed by atoms with Crippen LogP contribution in [0.25, 0.3) is 10.9 Å². The molecule has 0 unspecified atom stereocenters. The minimum atomic E-state index is -0.0811. The van der Waals surface area contributed by atoms with E-state index in [0.717, 1.165) is 18.4 Å². The Labute approximate surface area is 174 Å². The summed E-state index contributed by atoms with van der Waals surface area (Å²) in [6, 6.07) is 20.8. The number of nitrogens with zero attached hydrogens (tertiary/aromatic N) is 1. The fourth-order valence-electron chi connectivity index (χ4n) is 3.72. The van der Waals surface area contributed by atoms with E-state index in [9.17, 15) is 4.79 Å². The van der Waals surface area contributed by atoms with Gasteiger partial charge in [-0.15, -0.1) is 11.3 Å². The minimum Gasteiger partial charge on any atom is -0.327 e. The Balaban J connectivity index is 1.65. The van der Waals surface area contributed by atoms with Crippen molar-refractivity contribution in [2.75, 3.05) is 0 Å². The average Bonchev–Trinajstić information content (AvgIpc) is 3.27. The van der Waals surface area contributed by atoms with Gasteiger partial charge in [0.05, 0.1) is 15.8 Å². The summed E-state index contributed by atoms with van der Waals surface area (Å²) in [5, 5.41) is 5.03. The zero-order valence-corrected chi connectivity index (χ0v) is 17.6. The molecule has 0 aliphatic carbocycles. The number of nitrogens with two attached hydrogens (primary N) is 1. The lowest BCUT2D eigenvalue weighted by Gasteiger charge is -2.20. The van der Waals surface area contributed by atoms with Gasteiger partial charge in [-0.05, 0) is 42.5 Å². The Hall–Kier alpha value is -2.76. The van der Waals surface area contributed by atoms with Crippen LogP contribution in [-0.2, 0) is 6.42 Å². The predicted octanol–water partition coefficient (Wildman–Crippen LogP) is 4.35. The second-order valence-corrected chi connectivity index (χ2v) is 8.41. The van der Waals surface area contributed by atoms with Crippen molar-refractivity contribution in [3.8, 4) is 0 Å². The van der Waals surface area contributed by atoms with Gasteiger partial charge in [-0.3, -0.25) is 4.79 Å². The van der Waals surface area contributed by atoms with E-state index >= 15 is 0 Å². The first kappa shape index (κ1) is 19.6. The molecule has 0 bridgehead atoms. The van der Waals surface area contributed by atoms with Crippen LogP contribution in [0, 0.1) is 0 Å². The van der Waals surface area contributed by atoms with Crippen LogP contribution < -0.4 is 10.9 Å². The Bertz CT molecular complexity index is 1130. The van der Waals surface area contributed by atoms with Gasteiger partial charge < -0.3 is 10.3 Å². The molecule has 3 N–H and O–H groups in total. The van der Waals surface area contributed by atoms with Gasteiger partial charge >= 0.3 is 0 Å². The number of hydrogen-bond donors (Lipinski definition) is 2. The van der Waals surface area contributed by atoms with E-state index in [1.165, 1.54) is 16.0 Å². The molecule has 4 rings (SSSR count). The van der Waals surface area contributed by atoms with E-state index in [4.69, 9.17) is 4.98 Å². The molecule has 2 atom stereocenters. The highest BCUT2D eigenvalue weighted by Gasteiger charge is 2.24. The van der Waals surface area contributed by atoms with Gasteiger partial charge in [-0.25, -0.2) is 4.98 Å². The highest BCUT2D eigenvalue weighted by molar-refractivity contribution is 7.10. The molecule has 2 heterocycles. The monoisotopic (exact) mass is 404 g/mol. The standard InChI is InChI=1S/C24H25N3OS/c1-3-7-17-11-13-18(14-12-17)22(21-10-6-15-29-21)25-16(2)23-26-20-9-5-4-8-19(20)24(28)27-23/h4-6,8-16,22,25H,3,7H2,1-2H3,(H,26,27,28)/p+1/t16-,22-/m0/s1. The molecule has 0 radical (unpaired) electrons. The third-order valence-corrected chi connectivity index (χ3v) is 6.23. The lowest BCUT2D eigenvalue weighted by molar-refractivity contribution is -0.723. The molecule has 4 aromatic rings. The molecule has 5 heteroatoms. The lowest BCUT2D eigenvalue weighted by atomic mass is 10.0. The van der Waals surface area contributed by atoms with Crippen LogP contribution in [0.15, 0.2) is 70.8 Å². The van der Waals surface area contributed by atoms with Crippen molar-refractivity contribution in [3.63, 3.8) is 0 Å². The average molecular weight is 405 g/mol. The zero-order valence-electron chi connectivity index (χ0n) is 16.8. The van der Waals surface area contributed by atoms with Crippen LogP contribution in [0.4, 0.5) is 0 Å². The molecule has 0 aliphatic heterocycles. The third kappa shape index (κ3) is 4.31. The molecule has 0 saturated carbocycles. The number of H-pyrrole nitrogens is 1. The fourth-order valence-corrected chi connectivity index (χ4v) is 4.55. The number of hydrogen-bond acceptors (Lipinski definition) is 3. The van der Waals surface area contributed by atoms with Crippen LogP contribution in [0.5, 0.6) is 0 Å². The Kier molecular flexibility index (Phi) is 5.88. The largest absolute Gasteiger partial charge is 0.327 e. The maximum atomic E-state index is 12.5. The smallest absolute Gasteiger partial charge is 0.258 e. The second-order valence-electron chi connectivity index (χ2n) is 7.43. The summed E-state index contributed by atoms with van der Waals surface area (Å²) in [5.41, 5.74) is 3.29. The zero-order chi connectivity index (χ0) is 20.2. The molecular formula is C24H26N3OS+. The molecule has 0 amide bonds. The number of quaternary nitrogens is 1. The first-order valence-corrected chi connectivity index (χ1v) is 11.0. The fraction of sp³-hybridized carbons (Fsp3) is 0.250. The number of thiophene rings is 1. The Morgan fingerprint density at radius 1 is 1.07 bits per heavy atom. The first-order valence-electron chi connectivity index (χ1n) is 10.1. The normalized spacial score (nSPS) is 13.4. The van der Waals surface area contributed by atoms with Crippen molar-refractivity contribution in [2.24, 2.45) is 0 Å². The molecule has 0 fully saturated rings. The lowest BCUT2D eigenvalue weighted by Crippen LogP contribution is -2.86. The van der Waals surface area contributed by atoms with E-state index in [2.05, 4.69) is 65.9 Å². The van der Waals surface area contributed by atoms with E-state index < -0.39 is 0 Å². The van der Waals surface area contributed by atoms with Gasteiger partial charge in [0.1, 0.15) is 12.1 Å². The first-order chi connectivity index (χ1) is 14.2. The molecule has 0 aliphatic rings. The van der Waals surface area contributed by atoms with Crippen LogP contribution >= 0.6 is 11.3 Å². The van der Waals surface area contributed by atoms with Gasteiger partial charge in [0.25, 0.3) is 5.56 Å². The predicted molar refractivity (Wildman–Crippen MR) is 119 cm³/mol. The minimum absolute atomic E-state index is 0.00900. The molecule has 2 aromatic heterocycles. The number of aryl methyl sites for hydroxylation is 1. The van der Waals surface area contributed by atoms with Gasteiger partial charge in [-0.1, -0.05) is 55.8 Å². The number of rotatable bonds is 7. The summed E-state index contributed by atoms with van der Waals surface area (Å²) in [6.07, 6.45) is 2.25. The summed E-state index contributed by atoms with van der Waals surface area (Å²) in [6.45, 7) is 4.30. The highest BCUT2D eigenvalue weighted by Crippen LogP contribution is 2.24. The molecule has 4 nitrogen and oxygen atoms in total. The second kappa shape index (κ2) is 8.72. The van der Waals surface area contributed by atoms with E-state index in [1.807, 2.05) is 24.3 Å². The topological polar surface area (TPSA) is 62.4 Å². The van der Waals surface area contributed by atoms with Crippen molar-refractivity contribution in [1.82, 2.24) is 9.97 Å². The maximum absolute atomic E-state index is 12.5. The summed E-state index contributed by atoms with van der Waals surface area (Å²) < 4.78 is 0. The highest BCUT2D eigenvalue weighted by atomic mass is 32.1. The Morgan fingerprint density at radius 3 is 2.59 bits per heavy atom. The van der Waals surface area contributed by atoms with Crippen LogP contribution in [0.2, 0.25) is 0 Å². The summed E-state index contributed by atoms with van der Waals surface area (Å²) in [7, 11) is 0. The molecule has 148 valence electrons. The van der Waals surface area contributed by atoms with Gasteiger partial charge in [0, 0.05) is 5.56 Å². The van der Waals surface area contributed by atoms with E-state index in [1.54, 1.807) is 11.3 Å². The van der Waals surface area contributed by atoms with Crippen molar-refractivity contribution >= 4 is 22.2 Å². The third-order valence-electron chi connectivity index (χ3n) is 5.27. The quantitative estimate of drug-likeness (QED) is 0.481. The number of para-hydroxylation sites is 1. The Morgan fingerprint density at radius 2 is 1.86 bits per heavy atom. The number of aromatic nitrogens is 2. The van der Waals surface area contributed by atoms with Crippen LogP contribution in [0.3, 0.4) is 0 Å². The van der Waals surface area contributed by atoms with Crippen molar-refractivity contribution in [2.45, 2.75) is 38.8 Å². The number of nitrogens with one attached hydrogen (secondary N) is 1. The van der Waals surface area contributed by atoms with Gasteiger partial charge in [0.15, 0.2) is 5.82 Å². The molecule has 0 spiro atoms. The van der Waals surface area contributed by atoms with Crippen molar-refractivity contribution in [1.29, 1.82) is 0 Å². The van der Waals surface area contributed by atoms with Crippen molar-refractivity contribution < 1.29 is 5.32 Å². The van der Waals surface area contributed by atoms with Gasteiger partial charge in [-0.2, -0.15) is 0 Å². The van der Waals surface area contributed by atoms with Crippen LogP contribution in [-0.4, -0.2) is 9.97 Å². The number of benzene rings is 2. The van der Waals surface area contributed by atoms with E-state index in [-0.39, 0.29) is 17.6 Å². The summed E-state index contributed by atoms with van der Waals surface area (Å²) >= 11 is 1.76. The van der Waals surface area contributed by atoms with E-state index in [0.29, 0.717) is 11.2 Å². The summed E-state index contributed by atoms with van der Waals surface area (Å²) in [4.78, 5) is 21.5. The van der Waals surface area contributed by atoms with Crippen LogP contribution in [0.1, 0.15) is 54.2 Å². The van der Waals surface area contributed by atoms with Crippen molar-refractivity contribution in [3.05, 3.63) is 98.2 Å². The number of fused-ring (bicyclic) bond motifs is 1. The van der Waals surface area contributed by atoms with Gasteiger partial charge in [0.2, 0.25) is 0 Å². The summed E-state index contributed by atoms with van der Waals surface area (Å²) in [5.74, 6) is 0.706. The molecular weight excluding hydrogens is 378 g/mol. The molecule has 2 aromatic carbocycles. The number of aromatic amines is 1. The molecule has 29 heavy (non-hydrogen) atoms. The maximum Gasteiger partial charge on any atom is 0.258 e.